The van der Waals surface area contributed by atoms with Crippen molar-refractivity contribution < 1.29 is 4.79 Å². The van der Waals surface area contributed by atoms with Crippen LogP contribution >= 0.6 is 0 Å². The summed E-state index contributed by atoms with van der Waals surface area (Å²) in [6.07, 6.45) is 5.34. The highest BCUT2D eigenvalue weighted by Gasteiger charge is 2.41. The number of carbonyl (C=O) groups is 1. The lowest BCUT2D eigenvalue weighted by Gasteiger charge is -2.50. The van der Waals surface area contributed by atoms with Crippen molar-refractivity contribution in [2.45, 2.75) is 71.4 Å². The predicted octanol–water partition coefficient (Wildman–Crippen LogP) is 2.97. The van der Waals surface area contributed by atoms with Gasteiger partial charge in [-0.1, -0.05) is 13.8 Å². The van der Waals surface area contributed by atoms with Gasteiger partial charge in [0.05, 0.1) is 0 Å². The molecule has 1 unspecified atom stereocenters. The van der Waals surface area contributed by atoms with Gasteiger partial charge in [-0.25, -0.2) is 0 Å². The normalized spacial score (nSPS) is 21.1. The Kier molecular flexibility index (Phi) is 3.57. The first-order chi connectivity index (χ1) is 6.55. The van der Waals surface area contributed by atoms with Crippen LogP contribution in [0.5, 0.6) is 0 Å². The molecule has 0 aliphatic heterocycles. The van der Waals surface area contributed by atoms with E-state index in [4.69, 9.17) is 0 Å². The van der Waals surface area contributed by atoms with E-state index in [1.165, 1.54) is 19.3 Å². The Morgan fingerprint density at radius 2 is 2.00 bits per heavy atom. The van der Waals surface area contributed by atoms with Crippen molar-refractivity contribution in [3.63, 3.8) is 0 Å². The van der Waals surface area contributed by atoms with Crippen molar-refractivity contribution in [3.8, 4) is 0 Å². The molecule has 1 rings (SSSR count). The monoisotopic (exact) mass is 197 g/mol. The van der Waals surface area contributed by atoms with Crippen LogP contribution in [0.25, 0.3) is 0 Å². The molecular formula is C12H23NO. The molecular weight excluding hydrogens is 174 g/mol. The SMILES string of the molecule is CCC(=O)N(C(C)CC)C1(C)CCC1. The summed E-state index contributed by atoms with van der Waals surface area (Å²) in [7, 11) is 0. The highest BCUT2D eigenvalue weighted by atomic mass is 16.2. The van der Waals surface area contributed by atoms with E-state index in [-0.39, 0.29) is 5.54 Å². The zero-order chi connectivity index (χ0) is 10.8. The molecule has 0 radical (unpaired) electrons. The van der Waals surface area contributed by atoms with Gasteiger partial charge in [-0.3, -0.25) is 4.79 Å². The Morgan fingerprint density at radius 3 is 2.29 bits per heavy atom. The molecule has 0 bridgehead atoms. The van der Waals surface area contributed by atoms with Crippen molar-refractivity contribution in [1.29, 1.82) is 0 Å². The van der Waals surface area contributed by atoms with Crippen molar-refractivity contribution in [3.05, 3.63) is 0 Å². The van der Waals surface area contributed by atoms with Gasteiger partial charge in [0.15, 0.2) is 0 Å². The number of carbonyl (C=O) groups excluding carboxylic acids is 1. The molecule has 1 aliphatic carbocycles. The number of nitrogens with zero attached hydrogens (tertiary/aromatic N) is 1. The van der Waals surface area contributed by atoms with Crippen LogP contribution in [0.1, 0.15) is 59.8 Å². The second-order valence-corrected chi connectivity index (χ2v) is 4.73. The highest BCUT2D eigenvalue weighted by Crippen LogP contribution is 2.39. The minimum atomic E-state index is 0.169. The Labute approximate surface area is 87.7 Å². The molecule has 82 valence electrons. The van der Waals surface area contributed by atoms with E-state index in [0.29, 0.717) is 18.4 Å². The largest absolute Gasteiger partial charge is 0.335 e. The van der Waals surface area contributed by atoms with Crippen LogP contribution in [-0.2, 0) is 4.79 Å². The van der Waals surface area contributed by atoms with Crippen LogP contribution in [0, 0.1) is 0 Å². The second kappa shape index (κ2) is 4.33. The summed E-state index contributed by atoms with van der Waals surface area (Å²) in [6.45, 7) is 8.51. The molecule has 0 heterocycles. The van der Waals surface area contributed by atoms with Gasteiger partial charge in [-0.15, -0.1) is 0 Å². The molecule has 1 saturated carbocycles. The first-order valence-corrected chi connectivity index (χ1v) is 5.87. The van der Waals surface area contributed by atoms with Gasteiger partial charge in [0.1, 0.15) is 0 Å². The Balaban J connectivity index is 2.75. The average Bonchev–Trinajstić information content (AvgIpc) is 2.14. The van der Waals surface area contributed by atoms with E-state index in [9.17, 15) is 4.79 Å². The Bertz CT molecular complexity index is 208. The van der Waals surface area contributed by atoms with Gasteiger partial charge >= 0.3 is 0 Å². The molecule has 2 heteroatoms. The topological polar surface area (TPSA) is 20.3 Å². The number of hydrogen-bond donors (Lipinski definition) is 0. The smallest absolute Gasteiger partial charge is 0.222 e. The van der Waals surface area contributed by atoms with Gasteiger partial charge < -0.3 is 4.90 Å². The summed E-state index contributed by atoms with van der Waals surface area (Å²) in [5, 5.41) is 0. The lowest BCUT2D eigenvalue weighted by Crippen LogP contribution is -2.57. The van der Waals surface area contributed by atoms with Crippen LogP contribution in [0.3, 0.4) is 0 Å². The average molecular weight is 197 g/mol. The van der Waals surface area contributed by atoms with Gasteiger partial charge in [-0.2, -0.15) is 0 Å². The molecule has 1 amide bonds. The third kappa shape index (κ3) is 1.94. The summed E-state index contributed by atoms with van der Waals surface area (Å²) in [5.41, 5.74) is 0.169. The Hall–Kier alpha value is -0.530. The van der Waals surface area contributed by atoms with E-state index < -0.39 is 0 Å². The molecule has 2 nitrogen and oxygen atoms in total. The summed E-state index contributed by atoms with van der Waals surface area (Å²) >= 11 is 0. The molecule has 0 aromatic heterocycles. The van der Waals surface area contributed by atoms with E-state index in [0.717, 1.165) is 6.42 Å². The fourth-order valence-corrected chi connectivity index (χ4v) is 2.36. The maximum absolute atomic E-state index is 11.9. The molecule has 14 heavy (non-hydrogen) atoms. The van der Waals surface area contributed by atoms with Crippen molar-refractivity contribution >= 4 is 5.91 Å². The number of rotatable bonds is 4. The Morgan fingerprint density at radius 1 is 1.43 bits per heavy atom. The molecule has 0 spiro atoms. The number of amides is 1. The van der Waals surface area contributed by atoms with Crippen LogP contribution in [0.2, 0.25) is 0 Å². The maximum atomic E-state index is 11.9. The quantitative estimate of drug-likeness (QED) is 0.678. The maximum Gasteiger partial charge on any atom is 0.222 e. The van der Waals surface area contributed by atoms with Crippen LogP contribution in [0.4, 0.5) is 0 Å². The molecule has 1 fully saturated rings. The van der Waals surface area contributed by atoms with Crippen LogP contribution in [0.15, 0.2) is 0 Å². The summed E-state index contributed by atoms with van der Waals surface area (Å²) in [4.78, 5) is 14.0. The zero-order valence-electron chi connectivity index (χ0n) is 9.97. The molecule has 1 atom stereocenters. The van der Waals surface area contributed by atoms with Crippen molar-refractivity contribution in [2.24, 2.45) is 0 Å². The van der Waals surface area contributed by atoms with E-state index >= 15 is 0 Å². The summed E-state index contributed by atoms with van der Waals surface area (Å²) < 4.78 is 0. The van der Waals surface area contributed by atoms with Crippen molar-refractivity contribution in [1.82, 2.24) is 4.90 Å². The summed E-state index contributed by atoms with van der Waals surface area (Å²) in [5.74, 6) is 0.321. The van der Waals surface area contributed by atoms with Crippen LogP contribution in [-0.4, -0.2) is 22.4 Å². The number of hydrogen-bond acceptors (Lipinski definition) is 1. The minimum Gasteiger partial charge on any atom is -0.335 e. The first kappa shape index (κ1) is 11.5. The molecule has 0 aromatic rings. The van der Waals surface area contributed by atoms with E-state index in [2.05, 4.69) is 25.7 Å². The van der Waals surface area contributed by atoms with E-state index in [1.54, 1.807) is 0 Å². The lowest BCUT2D eigenvalue weighted by atomic mass is 9.76. The standard InChI is InChI=1S/C12H23NO/c1-5-10(3)13(11(14)6-2)12(4)8-7-9-12/h10H,5-9H2,1-4H3. The van der Waals surface area contributed by atoms with Gasteiger partial charge in [-0.05, 0) is 39.5 Å². The molecule has 0 saturated heterocycles. The molecule has 0 N–H and O–H groups in total. The minimum absolute atomic E-state index is 0.169. The lowest BCUT2D eigenvalue weighted by molar-refractivity contribution is -0.144. The third-order valence-corrected chi connectivity index (χ3v) is 3.62. The fourth-order valence-electron chi connectivity index (χ4n) is 2.36. The molecule has 0 aromatic carbocycles. The predicted molar refractivity (Wildman–Crippen MR) is 59.1 cm³/mol. The van der Waals surface area contributed by atoms with Gasteiger partial charge in [0.25, 0.3) is 0 Å². The zero-order valence-corrected chi connectivity index (χ0v) is 9.97. The third-order valence-electron chi connectivity index (χ3n) is 3.62. The summed E-state index contributed by atoms with van der Waals surface area (Å²) in [6, 6.07) is 0.396. The molecule has 1 aliphatic rings. The van der Waals surface area contributed by atoms with Gasteiger partial charge in [0.2, 0.25) is 5.91 Å². The van der Waals surface area contributed by atoms with E-state index in [1.807, 2.05) is 6.92 Å². The highest BCUT2D eigenvalue weighted by molar-refractivity contribution is 5.77. The van der Waals surface area contributed by atoms with Crippen molar-refractivity contribution in [2.75, 3.05) is 0 Å². The second-order valence-electron chi connectivity index (χ2n) is 4.73. The van der Waals surface area contributed by atoms with Gasteiger partial charge in [0, 0.05) is 18.0 Å². The first-order valence-electron chi connectivity index (χ1n) is 5.87. The van der Waals surface area contributed by atoms with Crippen LogP contribution < -0.4 is 0 Å². The fraction of sp³-hybridized carbons (Fsp3) is 0.917.